The molecule has 0 atom stereocenters. The first kappa shape index (κ1) is 9.17. The number of rotatable bonds is 0. The Morgan fingerprint density at radius 1 is 1.27 bits per heavy atom. The fraction of sp³-hybridized carbons (Fsp3) is 0. The minimum atomic E-state index is 1.27. The van der Waals surface area contributed by atoms with Gasteiger partial charge in [0.2, 0.25) is 0 Å². The zero-order chi connectivity index (χ0) is 8.01. The summed E-state index contributed by atoms with van der Waals surface area (Å²) >= 11 is 12.0. The van der Waals surface area contributed by atoms with E-state index in [2.05, 4.69) is 67.2 Å². The van der Waals surface area contributed by atoms with Crippen LogP contribution in [0.5, 0.6) is 0 Å². The average molecular weight is 471 g/mol. The Morgan fingerprint density at radius 2 is 2.00 bits per heavy atom. The van der Waals surface area contributed by atoms with Gasteiger partial charge in [-0.1, -0.05) is 0 Å². The van der Waals surface area contributed by atoms with Crippen molar-refractivity contribution in [1.29, 1.82) is 0 Å². The van der Waals surface area contributed by atoms with Gasteiger partial charge < -0.3 is 0 Å². The Labute approximate surface area is 108 Å². The minimum Gasteiger partial charge on any atom is -0.127 e. The molecule has 58 valence electrons. The van der Waals surface area contributed by atoms with E-state index in [1.807, 2.05) is 22.7 Å². The third kappa shape index (κ3) is 1.63. The lowest BCUT2D eigenvalue weighted by Crippen LogP contribution is -1.54. The molecule has 2 aromatic heterocycles. The molecule has 0 amide bonds. The van der Waals surface area contributed by atoms with Crippen molar-refractivity contribution in [2.75, 3.05) is 0 Å². The Hall–Kier alpha value is 1.60. The second-order valence-corrected chi connectivity index (χ2v) is 8.54. The van der Waals surface area contributed by atoms with Gasteiger partial charge in [-0.25, -0.2) is 0 Å². The van der Waals surface area contributed by atoms with Crippen molar-refractivity contribution in [1.82, 2.24) is 0 Å². The van der Waals surface area contributed by atoms with Crippen molar-refractivity contribution < 1.29 is 0 Å². The summed E-state index contributed by atoms with van der Waals surface area (Å²) in [5.41, 5.74) is 0. The summed E-state index contributed by atoms with van der Waals surface area (Å²) in [4.78, 5) is 0. The highest BCUT2D eigenvalue weighted by molar-refractivity contribution is 14.1. The summed E-state index contributed by atoms with van der Waals surface area (Å²) in [7, 11) is 0. The van der Waals surface area contributed by atoms with Crippen LogP contribution in [0.25, 0.3) is 9.40 Å². The van der Waals surface area contributed by atoms with Crippen molar-refractivity contribution in [3.05, 3.63) is 16.3 Å². The van der Waals surface area contributed by atoms with Crippen molar-refractivity contribution in [3.63, 3.8) is 0 Å². The van der Waals surface area contributed by atoms with Crippen molar-refractivity contribution in [2.24, 2.45) is 0 Å². The molecule has 11 heavy (non-hydrogen) atoms. The number of halogens is 3. The van der Waals surface area contributed by atoms with Gasteiger partial charge in [0.25, 0.3) is 0 Å². The lowest BCUT2D eigenvalue weighted by atomic mass is 10.5. The maximum Gasteiger partial charge on any atom is 0.0816 e. The van der Waals surface area contributed by atoms with Gasteiger partial charge in [0.15, 0.2) is 0 Å². The number of fused-ring (bicyclic) bond motifs is 1. The fourth-order valence-corrected chi connectivity index (χ4v) is 5.85. The summed E-state index contributed by atoms with van der Waals surface area (Å²) in [5.74, 6) is 0. The predicted molar refractivity (Wildman–Crippen MR) is 72.8 cm³/mol. The third-order valence-corrected chi connectivity index (χ3v) is 7.47. The molecule has 0 saturated heterocycles. The Bertz CT molecular complexity index is 404. The average Bonchev–Trinajstić information content (AvgIpc) is 2.37. The topological polar surface area (TPSA) is 0 Å². The van der Waals surface area contributed by atoms with E-state index in [0.29, 0.717) is 0 Å². The van der Waals surface area contributed by atoms with E-state index in [0.717, 1.165) is 0 Å². The first-order chi connectivity index (χ1) is 5.18. The lowest BCUT2D eigenvalue weighted by Gasteiger charge is -1.80. The van der Waals surface area contributed by atoms with Gasteiger partial charge in [-0.05, 0) is 67.2 Å². The van der Waals surface area contributed by atoms with Crippen LogP contribution >= 0.6 is 83.8 Å². The maximum atomic E-state index is 3.57. The molecule has 0 unspecified atom stereocenters. The highest BCUT2D eigenvalue weighted by atomic mass is 127. The molecule has 0 spiro atoms. The largest absolute Gasteiger partial charge is 0.127 e. The van der Waals surface area contributed by atoms with E-state index in [1.54, 1.807) is 0 Å². The second kappa shape index (κ2) is 3.39. The minimum absolute atomic E-state index is 1.27. The summed E-state index contributed by atoms with van der Waals surface area (Å²) in [6.07, 6.45) is 0. The van der Waals surface area contributed by atoms with Crippen LogP contribution in [-0.4, -0.2) is 0 Å². The van der Waals surface area contributed by atoms with Gasteiger partial charge in [0.1, 0.15) is 0 Å². The predicted octanol–water partition coefficient (Wildman–Crippen LogP) is 4.93. The number of thiophene rings is 2. The first-order valence-corrected chi connectivity index (χ1v) is 7.29. The van der Waals surface area contributed by atoms with Crippen molar-refractivity contribution in [3.8, 4) is 0 Å². The van der Waals surface area contributed by atoms with E-state index in [9.17, 15) is 0 Å². The molecule has 0 aliphatic rings. The molecule has 0 aromatic carbocycles. The molecule has 0 bridgehead atoms. The Balaban J connectivity index is 2.88. The zero-order valence-electron chi connectivity index (χ0n) is 5.03. The van der Waals surface area contributed by atoms with Crippen LogP contribution in [0.2, 0.25) is 0 Å². The quantitative estimate of drug-likeness (QED) is 0.479. The highest BCUT2D eigenvalue weighted by Gasteiger charge is 2.09. The standard InChI is InChI=1S/C6HBrI2S2/c7-4-5-2(10-6(4)9)1-3(8)11-5/h1H. The fourth-order valence-electron chi connectivity index (χ4n) is 0.805. The molecule has 0 aliphatic carbocycles. The summed E-state index contributed by atoms with van der Waals surface area (Å²) in [6.45, 7) is 0. The van der Waals surface area contributed by atoms with Gasteiger partial charge in [-0.3, -0.25) is 0 Å². The molecule has 0 radical (unpaired) electrons. The van der Waals surface area contributed by atoms with Crippen molar-refractivity contribution >= 4 is 93.2 Å². The van der Waals surface area contributed by atoms with E-state index in [4.69, 9.17) is 0 Å². The molecule has 0 aliphatic heterocycles. The highest BCUT2D eigenvalue weighted by Crippen LogP contribution is 2.41. The van der Waals surface area contributed by atoms with E-state index in [-0.39, 0.29) is 0 Å². The smallest absolute Gasteiger partial charge is 0.0816 e. The van der Waals surface area contributed by atoms with E-state index < -0.39 is 0 Å². The summed E-state index contributed by atoms with van der Waals surface area (Å²) in [6, 6.07) is 2.23. The SMILES string of the molecule is Brc1c(I)sc2cc(I)sc12. The van der Waals surface area contributed by atoms with Gasteiger partial charge in [-0.15, -0.1) is 22.7 Å². The van der Waals surface area contributed by atoms with Crippen LogP contribution < -0.4 is 0 Å². The third-order valence-electron chi connectivity index (χ3n) is 1.24. The van der Waals surface area contributed by atoms with Gasteiger partial charge in [-0.2, -0.15) is 0 Å². The molecule has 5 heteroatoms. The molecular formula is C6HBrI2S2. The molecule has 0 N–H and O–H groups in total. The molecule has 0 nitrogen and oxygen atoms in total. The molecule has 2 rings (SSSR count). The van der Waals surface area contributed by atoms with Crippen LogP contribution in [0.3, 0.4) is 0 Å². The number of hydrogen-bond acceptors (Lipinski definition) is 2. The number of hydrogen-bond donors (Lipinski definition) is 0. The Morgan fingerprint density at radius 3 is 2.64 bits per heavy atom. The lowest BCUT2D eigenvalue weighted by molar-refractivity contribution is 1.98. The van der Waals surface area contributed by atoms with Gasteiger partial charge >= 0.3 is 0 Å². The van der Waals surface area contributed by atoms with Gasteiger partial charge in [0, 0.05) is 4.70 Å². The normalized spacial score (nSPS) is 11.2. The molecule has 0 fully saturated rings. The van der Waals surface area contributed by atoms with Crippen molar-refractivity contribution in [2.45, 2.75) is 0 Å². The summed E-state index contributed by atoms with van der Waals surface area (Å²) < 4.78 is 6.77. The zero-order valence-corrected chi connectivity index (χ0v) is 12.6. The maximum absolute atomic E-state index is 3.57. The van der Waals surface area contributed by atoms with Gasteiger partial charge in [0.05, 0.1) is 14.9 Å². The van der Waals surface area contributed by atoms with Crippen LogP contribution in [0.1, 0.15) is 0 Å². The van der Waals surface area contributed by atoms with Crippen LogP contribution in [0.4, 0.5) is 0 Å². The molecule has 2 aromatic rings. The second-order valence-electron chi connectivity index (χ2n) is 1.93. The van der Waals surface area contributed by atoms with Crippen LogP contribution in [0, 0.1) is 5.77 Å². The van der Waals surface area contributed by atoms with Crippen LogP contribution in [0.15, 0.2) is 10.5 Å². The monoisotopic (exact) mass is 470 g/mol. The van der Waals surface area contributed by atoms with E-state index >= 15 is 0 Å². The van der Waals surface area contributed by atoms with E-state index in [1.165, 1.54) is 19.6 Å². The first-order valence-electron chi connectivity index (χ1n) is 2.71. The molecular weight excluding hydrogens is 470 g/mol. The Kier molecular flexibility index (Phi) is 2.83. The van der Waals surface area contributed by atoms with Crippen LogP contribution in [-0.2, 0) is 0 Å². The molecule has 0 saturated carbocycles. The summed E-state index contributed by atoms with van der Waals surface area (Å²) in [5, 5.41) is 0. The molecule has 2 heterocycles.